The number of carbonyl (C=O) groups is 1. The van der Waals surface area contributed by atoms with Gasteiger partial charge < -0.3 is 4.57 Å². The summed E-state index contributed by atoms with van der Waals surface area (Å²) in [5.74, 6) is -0.768. The lowest BCUT2D eigenvalue weighted by Gasteiger charge is -2.20. The van der Waals surface area contributed by atoms with Crippen LogP contribution in [0.25, 0.3) is 10.2 Å². The quantitative estimate of drug-likeness (QED) is 0.326. The number of aryl methyl sites for hydroxylation is 2. The van der Waals surface area contributed by atoms with Crippen LogP contribution >= 0.6 is 35.3 Å². The number of hydrogen-bond acceptors (Lipinski definition) is 4. The Labute approximate surface area is 194 Å². The highest BCUT2D eigenvalue weighted by Gasteiger charge is 2.23. The van der Waals surface area contributed by atoms with Crippen molar-refractivity contribution in [3.63, 3.8) is 0 Å². The van der Waals surface area contributed by atoms with Crippen LogP contribution in [0.5, 0.6) is 0 Å². The van der Waals surface area contributed by atoms with Crippen molar-refractivity contribution in [2.75, 3.05) is 11.4 Å². The SMILES string of the molecule is CCc1ccc2nc(N(CCCn3ccnc3)C(=O)c3ccc(F)cc3Cl)sc2c1.Cl. The topological polar surface area (TPSA) is 51.0 Å². The summed E-state index contributed by atoms with van der Waals surface area (Å²) in [4.78, 5) is 23.7. The molecule has 0 N–H and O–H groups in total. The van der Waals surface area contributed by atoms with Crippen LogP contribution in [0.15, 0.2) is 55.1 Å². The van der Waals surface area contributed by atoms with Gasteiger partial charge in [-0.3, -0.25) is 9.69 Å². The molecule has 0 spiro atoms. The Morgan fingerprint density at radius 2 is 2.10 bits per heavy atom. The number of halogens is 3. The molecule has 0 fully saturated rings. The van der Waals surface area contributed by atoms with Gasteiger partial charge in [0.1, 0.15) is 5.82 Å². The lowest BCUT2D eigenvalue weighted by Crippen LogP contribution is -2.32. The van der Waals surface area contributed by atoms with Gasteiger partial charge in [0.15, 0.2) is 5.13 Å². The van der Waals surface area contributed by atoms with Gasteiger partial charge in [0.25, 0.3) is 5.91 Å². The van der Waals surface area contributed by atoms with E-state index in [1.165, 1.54) is 29.0 Å². The third-order valence-electron chi connectivity index (χ3n) is 4.84. The lowest BCUT2D eigenvalue weighted by atomic mass is 10.2. The maximum absolute atomic E-state index is 13.5. The number of imidazole rings is 1. The van der Waals surface area contributed by atoms with E-state index in [2.05, 4.69) is 23.0 Å². The number of fused-ring (bicyclic) bond motifs is 1. The summed E-state index contributed by atoms with van der Waals surface area (Å²) < 4.78 is 16.5. The van der Waals surface area contributed by atoms with Crippen LogP contribution in [0.2, 0.25) is 5.02 Å². The molecule has 0 bridgehead atoms. The molecule has 1 amide bonds. The molecule has 0 saturated carbocycles. The molecule has 0 aliphatic heterocycles. The first-order valence-electron chi connectivity index (χ1n) is 9.67. The molecule has 31 heavy (non-hydrogen) atoms. The Kier molecular flexibility index (Phi) is 7.64. The van der Waals surface area contributed by atoms with E-state index in [1.807, 2.05) is 22.9 Å². The van der Waals surface area contributed by atoms with Crippen LogP contribution in [-0.2, 0) is 13.0 Å². The Bertz CT molecular complexity index is 1180. The fraction of sp³-hybridized carbons (Fsp3) is 0.227. The minimum atomic E-state index is -0.477. The van der Waals surface area contributed by atoms with Crippen molar-refractivity contribution in [2.24, 2.45) is 0 Å². The average Bonchev–Trinajstić information content (AvgIpc) is 3.39. The summed E-state index contributed by atoms with van der Waals surface area (Å²) in [6.45, 7) is 3.27. The predicted octanol–water partition coefficient (Wildman–Crippen LogP) is 6.01. The van der Waals surface area contributed by atoms with Gasteiger partial charge in [-0.25, -0.2) is 14.4 Å². The van der Waals surface area contributed by atoms with Crippen LogP contribution in [-0.4, -0.2) is 27.0 Å². The Morgan fingerprint density at radius 3 is 2.81 bits per heavy atom. The maximum Gasteiger partial charge on any atom is 0.261 e. The summed E-state index contributed by atoms with van der Waals surface area (Å²) in [5, 5.41) is 0.697. The van der Waals surface area contributed by atoms with Gasteiger partial charge >= 0.3 is 0 Å². The highest BCUT2D eigenvalue weighted by Crippen LogP contribution is 2.32. The van der Waals surface area contributed by atoms with E-state index in [1.54, 1.807) is 17.4 Å². The van der Waals surface area contributed by atoms with Gasteiger partial charge in [-0.05, 0) is 48.7 Å². The summed E-state index contributed by atoms with van der Waals surface area (Å²) in [6, 6.07) is 9.96. The molecule has 0 atom stereocenters. The first-order valence-corrected chi connectivity index (χ1v) is 10.9. The van der Waals surface area contributed by atoms with Crippen molar-refractivity contribution >= 4 is 56.6 Å². The number of thiazole rings is 1. The van der Waals surface area contributed by atoms with Crippen molar-refractivity contribution in [1.82, 2.24) is 14.5 Å². The average molecular weight is 479 g/mol. The Hall–Kier alpha value is -2.48. The fourth-order valence-electron chi connectivity index (χ4n) is 3.22. The number of carbonyl (C=O) groups excluding carboxylic acids is 1. The first kappa shape index (κ1) is 23.2. The molecule has 162 valence electrons. The smallest absolute Gasteiger partial charge is 0.261 e. The van der Waals surface area contributed by atoms with Crippen molar-refractivity contribution in [3.05, 3.63) is 77.1 Å². The van der Waals surface area contributed by atoms with Crippen LogP contribution in [0.3, 0.4) is 0 Å². The van der Waals surface area contributed by atoms with E-state index in [0.29, 0.717) is 24.6 Å². The van der Waals surface area contributed by atoms with E-state index in [4.69, 9.17) is 11.6 Å². The van der Waals surface area contributed by atoms with E-state index >= 15 is 0 Å². The molecule has 4 rings (SSSR count). The largest absolute Gasteiger partial charge is 0.337 e. The van der Waals surface area contributed by atoms with Gasteiger partial charge in [0.2, 0.25) is 0 Å². The van der Waals surface area contributed by atoms with Gasteiger partial charge in [-0.2, -0.15) is 0 Å². The van der Waals surface area contributed by atoms with Crippen LogP contribution in [0, 0.1) is 5.82 Å². The highest BCUT2D eigenvalue weighted by molar-refractivity contribution is 7.22. The lowest BCUT2D eigenvalue weighted by molar-refractivity contribution is 0.0986. The summed E-state index contributed by atoms with van der Waals surface area (Å²) in [7, 11) is 0. The first-order chi connectivity index (χ1) is 14.5. The molecule has 2 heterocycles. The third kappa shape index (κ3) is 5.23. The van der Waals surface area contributed by atoms with Gasteiger partial charge in [0.05, 0.1) is 27.1 Å². The maximum atomic E-state index is 13.5. The van der Waals surface area contributed by atoms with Crippen LogP contribution in [0.1, 0.15) is 29.3 Å². The van der Waals surface area contributed by atoms with Crippen molar-refractivity contribution in [1.29, 1.82) is 0 Å². The molecular formula is C22H21Cl2FN4OS. The molecule has 9 heteroatoms. The van der Waals surface area contributed by atoms with E-state index in [-0.39, 0.29) is 28.9 Å². The van der Waals surface area contributed by atoms with Crippen molar-refractivity contribution in [3.8, 4) is 0 Å². The zero-order chi connectivity index (χ0) is 21.1. The Morgan fingerprint density at radius 1 is 1.26 bits per heavy atom. The molecular weight excluding hydrogens is 458 g/mol. The van der Waals surface area contributed by atoms with Crippen molar-refractivity contribution in [2.45, 2.75) is 26.3 Å². The predicted molar refractivity (Wildman–Crippen MR) is 126 cm³/mol. The molecule has 5 nitrogen and oxygen atoms in total. The number of anilines is 1. The second-order valence-electron chi connectivity index (χ2n) is 6.89. The molecule has 2 aromatic carbocycles. The van der Waals surface area contributed by atoms with Crippen LogP contribution in [0.4, 0.5) is 9.52 Å². The molecule has 0 unspecified atom stereocenters. The van der Waals surface area contributed by atoms with Gasteiger partial charge in [0, 0.05) is 25.5 Å². The molecule has 0 radical (unpaired) electrons. The Balaban J connectivity index is 0.00000272. The normalized spacial score (nSPS) is 10.8. The second kappa shape index (κ2) is 10.2. The fourth-order valence-corrected chi connectivity index (χ4v) is 4.52. The van der Waals surface area contributed by atoms with Crippen LogP contribution < -0.4 is 4.90 Å². The number of hydrogen-bond donors (Lipinski definition) is 0. The number of aromatic nitrogens is 3. The molecule has 4 aromatic rings. The van der Waals surface area contributed by atoms with E-state index in [0.717, 1.165) is 22.7 Å². The van der Waals surface area contributed by atoms with Gasteiger partial charge in [-0.1, -0.05) is 35.9 Å². The molecule has 0 aliphatic rings. The summed E-state index contributed by atoms with van der Waals surface area (Å²) >= 11 is 7.65. The number of nitrogens with zero attached hydrogens (tertiary/aromatic N) is 4. The zero-order valence-corrected chi connectivity index (χ0v) is 19.2. The van der Waals surface area contributed by atoms with E-state index < -0.39 is 5.82 Å². The summed E-state index contributed by atoms with van der Waals surface area (Å²) in [6.07, 6.45) is 6.99. The number of benzene rings is 2. The third-order valence-corrected chi connectivity index (χ3v) is 6.20. The van der Waals surface area contributed by atoms with Crippen molar-refractivity contribution < 1.29 is 9.18 Å². The minimum Gasteiger partial charge on any atom is -0.337 e. The standard InChI is InChI=1S/C22H20ClFN4OS.ClH/c1-2-15-4-7-19-20(12-15)30-22(26-19)28(10-3-9-27-11-8-25-14-27)21(29)17-6-5-16(24)13-18(17)23;/h4-8,11-14H,2-3,9-10H2,1H3;1H. The van der Waals surface area contributed by atoms with Gasteiger partial charge in [-0.15, -0.1) is 12.4 Å². The second-order valence-corrected chi connectivity index (χ2v) is 8.30. The summed E-state index contributed by atoms with van der Waals surface area (Å²) in [5.41, 5.74) is 2.33. The molecule has 0 aliphatic carbocycles. The monoisotopic (exact) mass is 478 g/mol. The number of rotatable bonds is 7. The zero-order valence-electron chi connectivity index (χ0n) is 16.8. The molecule has 2 aromatic heterocycles. The molecule has 0 saturated heterocycles. The van der Waals surface area contributed by atoms with E-state index in [9.17, 15) is 9.18 Å². The minimum absolute atomic E-state index is 0. The highest BCUT2D eigenvalue weighted by atomic mass is 35.5. The number of amides is 1.